The van der Waals surface area contributed by atoms with Crippen molar-refractivity contribution < 1.29 is 0 Å². The van der Waals surface area contributed by atoms with Gasteiger partial charge in [-0.05, 0) is 37.7 Å². The first-order valence-electron chi connectivity index (χ1n) is 8.58. The molecule has 0 fully saturated rings. The SMILES string of the molecule is CCCCCC(CCCCC)NC(C)CCSCC. The monoisotopic (exact) mass is 287 g/mol. The second kappa shape index (κ2) is 14.7. The molecule has 1 nitrogen and oxygen atoms in total. The third kappa shape index (κ3) is 13.1. The van der Waals surface area contributed by atoms with Crippen molar-refractivity contribution in [1.82, 2.24) is 5.32 Å². The molecule has 0 saturated heterocycles. The molecule has 0 aliphatic rings. The number of thioether (sulfide) groups is 1. The first-order chi connectivity index (χ1) is 9.24. The Hall–Kier alpha value is 0.310. The van der Waals surface area contributed by atoms with Crippen LogP contribution in [0.2, 0.25) is 0 Å². The van der Waals surface area contributed by atoms with Gasteiger partial charge < -0.3 is 5.32 Å². The lowest BCUT2D eigenvalue weighted by Gasteiger charge is -2.23. The molecule has 0 bridgehead atoms. The number of nitrogens with one attached hydrogen (secondary N) is 1. The van der Waals surface area contributed by atoms with Crippen molar-refractivity contribution in [2.24, 2.45) is 0 Å². The number of hydrogen-bond acceptors (Lipinski definition) is 2. The molecule has 0 heterocycles. The number of hydrogen-bond donors (Lipinski definition) is 1. The number of rotatable bonds is 14. The van der Waals surface area contributed by atoms with Crippen LogP contribution in [0.4, 0.5) is 0 Å². The standard InChI is InChI=1S/C17H37NS/c1-5-8-10-12-17(13-11-9-6-2)18-16(4)14-15-19-7-3/h16-18H,5-15H2,1-4H3. The van der Waals surface area contributed by atoms with Gasteiger partial charge in [-0.15, -0.1) is 0 Å². The predicted molar refractivity (Wildman–Crippen MR) is 92.3 cm³/mol. The van der Waals surface area contributed by atoms with E-state index in [1.54, 1.807) is 0 Å². The molecule has 0 spiro atoms. The minimum absolute atomic E-state index is 0.687. The average molecular weight is 288 g/mol. The molecule has 1 unspecified atom stereocenters. The molecule has 1 N–H and O–H groups in total. The van der Waals surface area contributed by atoms with Crippen LogP contribution in [0.1, 0.15) is 85.5 Å². The topological polar surface area (TPSA) is 12.0 Å². The van der Waals surface area contributed by atoms with Gasteiger partial charge in [0, 0.05) is 12.1 Å². The van der Waals surface area contributed by atoms with Gasteiger partial charge in [0.2, 0.25) is 0 Å². The Morgan fingerprint density at radius 3 is 1.89 bits per heavy atom. The van der Waals surface area contributed by atoms with E-state index in [1.165, 1.54) is 69.3 Å². The fourth-order valence-electron chi connectivity index (χ4n) is 2.48. The summed E-state index contributed by atoms with van der Waals surface area (Å²) >= 11 is 2.07. The molecular weight excluding hydrogens is 250 g/mol. The van der Waals surface area contributed by atoms with Gasteiger partial charge in [0.1, 0.15) is 0 Å². The summed E-state index contributed by atoms with van der Waals surface area (Å²) in [7, 11) is 0. The molecule has 1 atom stereocenters. The highest BCUT2D eigenvalue weighted by Crippen LogP contribution is 2.13. The normalized spacial score (nSPS) is 13.1. The summed E-state index contributed by atoms with van der Waals surface area (Å²) < 4.78 is 0. The Balaban J connectivity index is 3.86. The smallest absolute Gasteiger partial charge is 0.00695 e. The van der Waals surface area contributed by atoms with Crippen molar-refractivity contribution in [3.63, 3.8) is 0 Å². The minimum atomic E-state index is 0.687. The molecule has 0 aliphatic carbocycles. The zero-order chi connectivity index (χ0) is 14.3. The van der Waals surface area contributed by atoms with Gasteiger partial charge in [-0.2, -0.15) is 11.8 Å². The van der Waals surface area contributed by atoms with Crippen molar-refractivity contribution in [1.29, 1.82) is 0 Å². The summed E-state index contributed by atoms with van der Waals surface area (Å²) in [6.07, 6.45) is 12.3. The Kier molecular flexibility index (Phi) is 15.0. The van der Waals surface area contributed by atoms with Crippen molar-refractivity contribution >= 4 is 11.8 Å². The maximum absolute atomic E-state index is 3.88. The van der Waals surface area contributed by atoms with Crippen LogP contribution in [0, 0.1) is 0 Å². The highest BCUT2D eigenvalue weighted by molar-refractivity contribution is 7.99. The van der Waals surface area contributed by atoms with Gasteiger partial charge >= 0.3 is 0 Å². The second-order valence-electron chi connectivity index (χ2n) is 5.74. The molecule has 0 aromatic heterocycles. The van der Waals surface area contributed by atoms with E-state index in [0.29, 0.717) is 6.04 Å². The maximum atomic E-state index is 3.88. The third-order valence-electron chi connectivity index (χ3n) is 3.73. The van der Waals surface area contributed by atoms with Crippen LogP contribution < -0.4 is 5.32 Å². The van der Waals surface area contributed by atoms with E-state index in [1.807, 2.05) is 0 Å². The zero-order valence-electron chi connectivity index (χ0n) is 13.8. The van der Waals surface area contributed by atoms with E-state index in [-0.39, 0.29) is 0 Å². The third-order valence-corrected chi connectivity index (χ3v) is 4.66. The number of unbranched alkanes of at least 4 members (excludes halogenated alkanes) is 4. The second-order valence-corrected chi connectivity index (χ2v) is 7.14. The first-order valence-corrected chi connectivity index (χ1v) is 9.73. The summed E-state index contributed by atoms with van der Waals surface area (Å²) in [6.45, 7) is 9.21. The van der Waals surface area contributed by atoms with Crippen LogP contribution in [0.3, 0.4) is 0 Å². The van der Waals surface area contributed by atoms with Gasteiger partial charge in [-0.25, -0.2) is 0 Å². The lowest BCUT2D eigenvalue weighted by Crippen LogP contribution is -2.37. The lowest BCUT2D eigenvalue weighted by molar-refractivity contribution is 0.376. The van der Waals surface area contributed by atoms with Crippen molar-refractivity contribution in [2.45, 2.75) is 97.6 Å². The van der Waals surface area contributed by atoms with E-state index in [9.17, 15) is 0 Å². The Morgan fingerprint density at radius 2 is 1.42 bits per heavy atom. The molecule has 0 saturated carbocycles. The van der Waals surface area contributed by atoms with Gasteiger partial charge in [0.05, 0.1) is 0 Å². The molecule has 0 aliphatic heterocycles. The fraction of sp³-hybridized carbons (Fsp3) is 1.00. The van der Waals surface area contributed by atoms with Crippen LogP contribution in [0.15, 0.2) is 0 Å². The first kappa shape index (κ1) is 19.3. The van der Waals surface area contributed by atoms with Crippen LogP contribution in [0.25, 0.3) is 0 Å². The van der Waals surface area contributed by atoms with Crippen LogP contribution in [0.5, 0.6) is 0 Å². The largest absolute Gasteiger partial charge is 0.311 e. The highest BCUT2D eigenvalue weighted by Gasteiger charge is 2.11. The Bertz CT molecular complexity index is 163. The van der Waals surface area contributed by atoms with E-state index in [4.69, 9.17) is 0 Å². The van der Waals surface area contributed by atoms with Gasteiger partial charge in [-0.1, -0.05) is 59.3 Å². The molecule has 116 valence electrons. The van der Waals surface area contributed by atoms with Crippen LogP contribution in [-0.2, 0) is 0 Å². The summed E-state index contributed by atoms with van der Waals surface area (Å²) in [6, 6.07) is 1.45. The zero-order valence-corrected chi connectivity index (χ0v) is 14.7. The maximum Gasteiger partial charge on any atom is 0.00695 e. The van der Waals surface area contributed by atoms with Crippen molar-refractivity contribution in [3.05, 3.63) is 0 Å². The summed E-state index contributed by atoms with van der Waals surface area (Å²) in [5.74, 6) is 2.56. The molecule has 0 aromatic carbocycles. The Morgan fingerprint density at radius 1 is 0.842 bits per heavy atom. The van der Waals surface area contributed by atoms with Gasteiger partial charge in [0.25, 0.3) is 0 Å². The molecular formula is C17H37NS. The molecule has 0 aromatic rings. The molecule has 0 amide bonds. The van der Waals surface area contributed by atoms with Crippen LogP contribution in [-0.4, -0.2) is 23.6 Å². The lowest BCUT2D eigenvalue weighted by atomic mass is 10.0. The predicted octanol–water partition coefficient (Wildman–Crippen LogP) is 5.64. The summed E-state index contributed by atoms with van der Waals surface area (Å²) in [5.41, 5.74) is 0. The van der Waals surface area contributed by atoms with Gasteiger partial charge in [0.15, 0.2) is 0 Å². The quantitative estimate of drug-likeness (QED) is 0.415. The van der Waals surface area contributed by atoms with E-state index in [2.05, 4.69) is 44.8 Å². The molecule has 0 radical (unpaired) electrons. The summed E-state index contributed by atoms with van der Waals surface area (Å²) in [4.78, 5) is 0. The molecule has 19 heavy (non-hydrogen) atoms. The van der Waals surface area contributed by atoms with Gasteiger partial charge in [-0.3, -0.25) is 0 Å². The Labute approximate surface area is 126 Å². The summed E-state index contributed by atoms with van der Waals surface area (Å²) in [5, 5.41) is 3.88. The van der Waals surface area contributed by atoms with Crippen molar-refractivity contribution in [2.75, 3.05) is 11.5 Å². The van der Waals surface area contributed by atoms with E-state index < -0.39 is 0 Å². The van der Waals surface area contributed by atoms with Crippen molar-refractivity contribution in [3.8, 4) is 0 Å². The molecule has 2 heteroatoms. The highest BCUT2D eigenvalue weighted by atomic mass is 32.2. The van der Waals surface area contributed by atoms with Crippen LogP contribution >= 0.6 is 11.8 Å². The average Bonchev–Trinajstić information content (AvgIpc) is 2.39. The van der Waals surface area contributed by atoms with E-state index in [0.717, 1.165) is 6.04 Å². The fourth-order valence-corrected chi connectivity index (χ4v) is 3.29. The van der Waals surface area contributed by atoms with E-state index >= 15 is 0 Å². The molecule has 0 rings (SSSR count). The minimum Gasteiger partial charge on any atom is -0.311 e.